The molecule has 0 aliphatic rings. The number of nitrogens with one attached hydrogen (secondary N) is 1. The van der Waals surface area contributed by atoms with E-state index in [-0.39, 0.29) is 0 Å². The van der Waals surface area contributed by atoms with Crippen LogP contribution in [0.3, 0.4) is 0 Å². The molecule has 0 amide bonds. The van der Waals surface area contributed by atoms with E-state index in [0.29, 0.717) is 5.95 Å². The van der Waals surface area contributed by atoms with Crippen molar-refractivity contribution in [2.75, 3.05) is 5.73 Å². The minimum Gasteiger partial charge on any atom is -0.369 e. The molecule has 1 aromatic heterocycles. The van der Waals surface area contributed by atoms with Crippen LogP contribution in [0.4, 0.5) is 5.95 Å². The van der Waals surface area contributed by atoms with Crippen LogP contribution in [-0.4, -0.2) is 9.97 Å². The topological polar surface area (TPSA) is 54.7 Å². The van der Waals surface area contributed by atoms with E-state index in [1.54, 1.807) is 0 Å². The van der Waals surface area contributed by atoms with Gasteiger partial charge in [-0.25, -0.2) is 4.98 Å². The van der Waals surface area contributed by atoms with E-state index in [2.05, 4.69) is 9.97 Å². The van der Waals surface area contributed by atoms with Crippen LogP contribution in [0.5, 0.6) is 0 Å². The van der Waals surface area contributed by atoms with Crippen molar-refractivity contribution in [3.05, 3.63) is 46.7 Å². The van der Waals surface area contributed by atoms with Gasteiger partial charge in [0, 0.05) is 11.2 Å². The number of nitrogen functional groups attached to an aromatic ring is 1. The first-order chi connectivity index (χ1) is 7.24. The molecule has 3 nitrogen and oxygen atoms in total. The summed E-state index contributed by atoms with van der Waals surface area (Å²) < 4.78 is 0. The Kier molecular flexibility index (Phi) is 2.92. The highest BCUT2D eigenvalue weighted by Crippen LogP contribution is 2.11. The highest BCUT2D eigenvalue weighted by Gasteiger charge is 1.99. The molecular formula is C11H12ClN3. The van der Waals surface area contributed by atoms with Crippen LogP contribution >= 0.6 is 11.6 Å². The molecule has 0 aliphatic heterocycles. The van der Waals surface area contributed by atoms with E-state index in [0.717, 1.165) is 23.6 Å². The Morgan fingerprint density at radius 3 is 2.53 bits per heavy atom. The lowest BCUT2D eigenvalue weighted by Crippen LogP contribution is -1.92. The number of nitrogens with zero attached hydrogens (tertiary/aromatic N) is 1. The number of anilines is 1. The number of hydrogen-bond donors (Lipinski definition) is 2. The molecule has 0 saturated carbocycles. The normalized spacial score (nSPS) is 10.5. The van der Waals surface area contributed by atoms with E-state index < -0.39 is 0 Å². The van der Waals surface area contributed by atoms with Gasteiger partial charge in [-0.3, -0.25) is 0 Å². The molecule has 1 heterocycles. The van der Waals surface area contributed by atoms with Crippen LogP contribution < -0.4 is 5.73 Å². The summed E-state index contributed by atoms with van der Waals surface area (Å²) in [6.45, 7) is 0. The maximum atomic E-state index is 5.80. The number of benzene rings is 1. The number of imidazole rings is 1. The zero-order chi connectivity index (χ0) is 10.7. The molecule has 0 bridgehead atoms. The summed E-state index contributed by atoms with van der Waals surface area (Å²) in [7, 11) is 0. The third-order valence-electron chi connectivity index (χ3n) is 2.23. The average Bonchev–Trinajstić information content (AvgIpc) is 2.64. The number of hydrogen-bond acceptors (Lipinski definition) is 2. The van der Waals surface area contributed by atoms with E-state index in [4.69, 9.17) is 17.3 Å². The Hall–Kier alpha value is -1.48. The summed E-state index contributed by atoms with van der Waals surface area (Å²) in [6, 6.07) is 7.85. The van der Waals surface area contributed by atoms with Gasteiger partial charge in [-0.05, 0) is 30.5 Å². The lowest BCUT2D eigenvalue weighted by Gasteiger charge is -1.98. The van der Waals surface area contributed by atoms with Gasteiger partial charge in [0.25, 0.3) is 0 Å². The molecule has 0 unspecified atom stereocenters. The van der Waals surface area contributed by atoms with Crippen molar-refractivity contribution < 1.29 is 0 Å². The fourth-order valence-corrected chi connectivity index (χ4v) is 1.55. The molecule has 4 heteroatoms. The predicted octanol–water partition coefficient (Wildman–Crippen LogP) is 2.43. The minimum absolute atomic E-state index is 0.473. The third kappa shape index (κ3) is 2.73. The van der Waals surface area contributed by atoms with E-state index in [1.165, 1.54) is 5.56 Å². The number of rotatable bonds is 3. The highest BCUT2D eigenvalue weighted by molar-refractivity contribution is 6.30. The average molecular weight is 222 g/mol. The molecule has 2 rings (SSSR count). The van der Waals surface area contributed by atoms with E-state index in [9.17, 15) is 0 Å². The van der Waals surface area contributed by atoms with Crippen LogP contribution in [0.1, 0.15) is 11.3 Å². The standard InChI is InChI=1S/C11H12ClN3/c12-9-4-1-8(2-5-9)3-6-10-7-14-11(13)15-10/h1-2,4-5,7H,3,6H2,(H3,13,14,15). The van der Waals surface area contributed by atoms with Crippen LogP contribution in [0.25, 0.3) is 0 Å². The molecule has 0 aliphatic carbocycles. The first-order valence-electron chi connectivity index (χ1n) is 4.78. The maximum absolute atomic E-state index is 5.80. The SMILES string of the molecule is Nc1nc(CCc2ccc(Cl)cc2)c[nH]1. The summed E-state index contributed by atoms with van der Waals surface area (Å²) in [5, 5.41) is 0.766. The summed E-state index contributed by atoms with van der Waals surface area (Å²) in [4.78, 5) is 7.00. The molecule has 15 heavy (non-hydrogen) atoms. The van der Waals surface area contributed by atoms with Gasteiger partial charge in [-0.2, -0.15) is 0 Å². The monoisotopic (exact) mass is 221 g/mol. The third-order valence-corrected chi connectivity index (χ3v) is 2.49. The maximum Gasteiger partial charge on any atom is 0.197 e. The van der Waals surface area contributed by atoms with Gasteiger partial charge in [0.2, 0.25) is 0 Å². The smallest absolute Gasteiger partial charge is 0.197 e. The van der Waals surface area contributed by atoms with Gasteiger partial charge in [-0.1, -0.05) is 23.7 Å². The molecule has 1 aromatic carbocycles. The van der Waals surface area contributed by atoms with Gasteiger partial charge >= 0.3 is 0 Å². The lowest BCUT2D eigenvalue weighted by molar-refractivity contribution is 0.927. The highest BCUT2D eigenvalue weighted by atomic mass is 35.5. The number of H-pyrrole nitrogens is 1. The largest absolute Gasteiger partial charge is 0.369 e. The summed E-state index contributed by atoms with van der Waals surface area (Å²) in [5.74, 6) is 0.473. The molecule has 0 saturated heterocycles. The zero-order valence-corrected chi connectivity index (χ0v) is 8.96. The molecule has 3 N–H and O–H groups in total. The van der Waals surface area contributed by atoms with Crippen molar-refractivity contribution in [3.63, 3.8) is 0 Å². The van der Waals surface area contributed by atoms with Crippen LogP contribution in [-0.2, 0) is 12.8 Å². The van der Waals surface area contributed by atoms with Gasteiger partial charge in [0.15, 0.2) is 5.95 Å². The molecular weight excluding hydrogens is 210 g/mol. The predicted molar refractivity (Wildman–Crippen MR) is 61.9 cm³/mol. The number of halogens is 1. The number of aromatic amines is 1. The Morgan fingerprint density at radius 2 is 1.93 bits per heavy atom. The Balaban J connectivity index is 1.96. The van der Waals surface area contributed by atoms with Crippen molar-refractivity contribution in [1.82, 2.24) is 9.97 Å². The van der Waals surface area contributed by atoms with Crippen molar-refractivity contribution in [1.29, 1.82) is 0 Å². The van der Waals surface area contributed by atoms with Gasteiger partial charge in [-0.15, -0.1) is 0 Å². The van der Waals surface area contributed by atoms with Gasteiger partial charge in [0.05, 0.1) is 5.69 Å². The Morgan fingerprint density at radius 1 is 1.20 bits per heavy atom. The lowest BCUT2D eigenvalue weighted by atomic mass is 10.1. The first-order valence-corrected chi connectivity index (χ1v) is 5.16. The number of aromatic nitrogens is 2. The zero-order valence-electron chi connectivity index (χ0n) is 8.20. The first kappa shape index (κ1) is 10.1. The molecule has 0 spiro atoms. The summed E-state index contributed by atoms with van der Waals surface area (Å²) in [5.41, 5.74) is 7.72. The molecule has 0 radical (unpaired) electrons. The van der Waals surface area contributed by atoms with Crippen molar-refractivity contribution >= 4 is 17.5 Å². The van der Waals surface area contributed by atoms with Crippen molar-refractivity contribution in [2.24, 2.45) is 0 Å². The molecule has 2 aromatic rings. The van der Waals surface area contributed by atoms with Crippen LogP contribution in [0.2, 0.25) is 5.02 Å². The van der Waals surface area contributed by atoms with E-state index >= 15 is 0 Å². The fourth-order valence-electron chi connectivity index (χ4n) is 1.43. The van der Waals surface area contributed by atoms with Gasteiger partial charge in [0.1, 0.15) is 0 Å². The van der Waals surface area contributed by atoms with Crippen LogP contribution in [0, 0.1) is 0 Å². The second kappa shape index (κ2) is 4.36. The molecule has 0 fully saturated rings. The van der Waals surface area contributed by atoms with Crippen LogP contribution in [0.15, 0.2) is 30.5 Å². The van der Waals surface area contributed by atoms with Crippen molar-refractivity contribution in [3.8, 4) is 0 Å². The second-order valence-electron chi connectivity index (χ2n) is 3.40. The fraction of sp³-hybridized carbons (Fsp3) is 0.182. The van der Waals surface area contributed by atoms with Gasteiger partial charge < -0.3 is 10.7 Å². The minimum atomic E-state index is 0.473. The van der Waals surface area contributed by atoms with E-state index in [1.807, 2.05) is 30.5 Å². The Labute approximate surface area is 93.3 Å². The molecule has 78 valence electrons. The Bertz CT molecular complexity index is 433. The number of aryl methyl sites for hydroxylation is 2. The quantitative estimate of drug-likeness (QED) is 0.837. The van der Waals surface area contributed by atoms with Crippen molar-refractivity contribution in [2.45, 2.75) is 12.8 Å². The number of nitrogens with two attached hydrogens (primary N) is 1. The summed E-state index contributed by atoms with van der Waals surface area (Å²) in [6.07, 6.45) is 3.67. The summed E-state index contributed by atoms with van der Waals surface area (Å²) >= 11 is 5.80. The second-order valence-corrected chi connectivity index (χ2v) is 3.84. The molecule has 0 atom stereocenters.